The van der Waals surface area contributed by atoms with Crippen molar-refractivity contribution in [1.82, 2.24) is 4.98 Å². The zero-order chi connectivity index (χ0) is 10.7. The molecule has 0 atom stereocenters. The van der Waals surface area contributed by atoms with Crippen molar-refractivity contribution in [2.75, 3.05) is 0 Å². The average Bonchev–Trinajstić information content (AvgIpc) is 2.68. The molecule has 0 fully saturated rings. The SMILES string of the molecule is N#Cc1ccc2c(CCC=O)c[nH]c2c1. The summed E-state index contributed by atoms with van der Waals surface area (Å²) in [6, 6.07) is 7.63. The van der Waals surface area contributed by atoms with E-state index >= 15 is 0 Å². The largest absolute Gasteiger partial charge is 0.361 e. The molecule has 1 aromatic carbocycles. The molecular weight excluding hydrogens is 188 g/mol. The number of H-pyrrole nitrogens is 1. The number of nitriles is 1. The summed E-state index contributed by atoms with van der Waals surface area (Å²) in [5, 5.41) is 9.83. The van der Waals surface area contributed by atoms with Gasteiger partial charge in [-0.05, 0) is 24.1 Å². The first-order valence-electron chi connectivity index (χ1n) is 4.79. The molecule has 0 saturated carbocycles. The van der Waals surface area contributed by atoms with Crippen molar-refractivity contribution < 1.29 is 4.79 Å². The normalized spacial score (nSPS) is 10.1. The Morgan fingerprint density at radius 3 is 3.07 bits per heavy atom. The number of aryl methyl sites for hydroxylation is 1. The molecule has 1 N–H and O–H groups in total. The number of aromatic amines is 1. The molecule has 3 nitrogen and oxygen atoms in total. The van der Waals surface area contributed by atoms with Crippen LogP contribution in [0.1, 0.15) is 17.5 Å². The topological polar surface area (TPSA) is 56.6 Å². The Morgan fingerprint density at radius 2 is 2.33 bits per heavy atom. The summed E-state index contributed by atoms with van der Waals surface area (Å²) in [4.78, 5) is 13.4. The van der Waals surface area contributed by atoms with Gasteiger partial charge in [-0.2, -0.15) is 5.26 Å². The van der Waals surface area contributed by atoms with E-state index in [1.165, 1.54) is 0 Å². The van der Waals surface area contributed by atoms with Gasteiger partial charge in [-0.15, -0.1) is 0 Å². The van der Waals surface area contributed by atoms with Gasteiger partial charge in [0.25, 0.3) is 0 Å². The molecule has 2 aromatic rings. The number of aldehydes is 1. The third-order valence-corrected chi connectivity index (χ3v) is 2.43. The van der Waals surface area contributed by atoms with Crippen molar-refractivity contribution in [2.24, 2.45) is 0 Å². The third-order valence-electron chi connectivity index (χ3n) is 2.43. The maximum absolute atomic E-state index is 10.3. The molecule has 0 bridgehead atoms. The number of carbonyl (C=O) groups is 1. The predicted molar refractivity (Wildman–Crippen MR) is 57.4 cm³/mol. The quantitative estimate of drug-likeness (QED) is 0.768. The highest BCUT2D eigenvalue weighted by Gasteiger charge is 2.03. The van der Waals surface area contributed by atoms with Gasteiger partial charge >= 0.3 is 0 Å². The molecule has 1 heterocycles. The van der Waals surface area contributed by atoms with E-state index in [-0.39, 0.29) is 0 Å². The van der Waals surface area contributed by atoms with Crippen molar-refractivity contribution in [2.45, 2.75) is 12.8 Å². The highest BCUT2D eigenvalue weighted by Crippen LogP contribution is 2.20. The molecule has 0 unspecified atom stereocenters. The molecule has 0 aliphatic carbocycles. The fourth-order valence-corrected chi connectivity index (χ4v) is 1.68. The average molecular weight is 198 g/mol. The third kappa shape index (κ3) is 1.75. The van der Waals surface area contributed by atoms with Crippen LogP contribution in [0.3, 0.4) is 0 Å². The van der Waals surface area contributed by atoms with Crippen LogP contribution >= 0.6 is 0 Å². The van der Waals surface area contributed by atoms with Crippen molar-refractivity contribution in [3.8, 4) is 6.07 Å². The number of rotatable bonds is 3. The standard InChI is InChI=1S/C12H10N2O/c13-7-9-3-4-11-10(2-1-5-15)8-14-12(11)6-9/h3-6,8,14H,1-2H2. The van der Waals surface area contributed by atoms with Gasteiger partial charge in [0.2, 0.25) is 0 Å². The lowest BCUT2D eigenvalue weighted by molar-refractivity contribution is -0.107. The Morgan fingerprint density at radius 1 is 1.47 bits per heavy atom. The summed E-state index contributed by atoms with van der Waals surface area (Å²) in [5.41, 5.74) is 2.72. The minimum Gasteiger partial charge on any atom is -0.361 e. The van der Waals surface area contributed by atoms with E-state index in [2.05, 4.69) is 11.1 Å². The van der Waals surface area contributed by atoms with Crippen molar-refractivity contribution in [3.63, 3.8) is 0 Å². The predicted octanol–water partition coefficient (Wildman–Crippen LogP) is 2.17. The number of nitrogens with zero attached hydrogens (tertiary/aromatic N) is 1. The second-order valence-corrected chi connectivity index (χ2v) is 3.39. The molecule has 2 rings (SSSR count). The van der Waals surface area contributed by atoms with Gasteiger partial charge < -0.3 is 9.78 Å². The molecule has 0 aliphatic rings. The molecule has 1 aromatic heterocycles. The molecule has 74 valence electrons. The number of carbonyl (C=O) groups excluding carboxylic acids is 1. The van der Waals surface area contributed by atoms with Gasteiger partial charge in [0, 0.05) is 23.5 Å². The van der Waals surface area contributed by atoms with Crippen LogP contribution in [-0.2, 0) is 11.2 Å². The molecule has 15 heavy (non-hydrogen) atoms. The van der Waals surface area contributed by atoms with Gasteiger partial charge in [0.1, 0.15) is 6.29 Å². The molecule has 0 saturated heterocycles. The zero-order valence-corrected chi connectivity index (χ0v) is 8.16. The second kappa shape index (κ2) is 3.97. The second-order valence-electron chi connectivity index (χ2n) is 3.39. The van der Waals surface area contributed by atoms with Gasteiger partial charge in [-0.25, -0.2) is 0 Å². The van der Waals surface area contributed by atoms with E-state index in [1.807, 2.05) is 18.3 Å². The van der Waals surface area contributed by atoms with Crippen LogP contribution in [0.25, 0.3) is 10.9 Å². The van der Waals surface area contributed by atoms with E-state index in [1.54, 1.807) is 6.07 Å². The lowest BCUT2D eigenvalue weighted by Crippen LogP contribution is -1.83. The van der Waals surface area contributed by atoms with Crippen LogP contribution in [-0.4, -0.2) is 11.3 Å². The van der Waals surface area contributed by atoms with E-state index in [0.29, 0.717) is 12.0 Å². The van der Waals surface area contributed by atoms with Gasteiger partial charge in [-0.1, -0.05) is 6.07 Å². The van der Waals surface area contributed by atoms with E-state index < -0.39 is 0 Å². The first-order valence-corrected chi connectivity index (χ1v) is 4.79. The number of hydrogen-bond acceptors (Lipinski definition) is 2. The summed E-state index contributed by atoms with van der Waals surface area (Å²) in [6.45, 7) is 0. The lowest BCUT2D eigenvalue weighted by Gasteiger charge is -1.95. The van der Waals surface area contributed by atoms with Crippen molar-refractivity contribution in [1.29, 1.82) is 5.26 Å². The summed E-state index contributed by atoms with van der Waals surface area (Å²) in [6.07, 6.45) is 4.10. The Kier molecular flexibility index (Phi) is 2.51. The minimum atomic E-state index is 0.535. The molecule has 0 aliphatic heterocycles. The number of benzene rings is 1. The Bertz CT molecular complexity index is 534. The molecule has 0 amide bonds. The monoisotopic (exact) mass is 198 g/mol. The molecular formula is C12H10N2O. The summed E-state index contributed by atoms with van der Waals surface area (Å²) in [7, 11) is 0. The number of nitrogens with one attached hydrogen (secondary N) is 1. The van der Waals surface area contributed by atoms with Crippen LogP contribution in [0.2, 0.25) is 0 Å². The Hall–Kier alpha value is -2.08. The van der Waals surface area contributed by atoms with Gasteiger partial charge in [0.05, 0.1) is 11.6 Å². The highest BCUT2D eigenvalue weighted by molar-refractivity contribution is 5.84. The molecule has 0 spiro atoms. The van der Waals surface area contributed by atoms with Crippen molar-refractivity contribution in [3.05, 3.63) is 35.5 Å². The number of aromatic nitrogens is 1. The number of fused-ring (bicyclic) bond motifs is 1. The fraction of sp³-hybridized carbons (Fsp3) is 0.167. The Labute approximate surface area is 87.3 Å². The van der Waals surface area contributed by atoms with Crippen LogP contribution in [0, 0.1) is 11.3 Å². The smallest absolute Gasteiger partial charge is 0.120 e. The molecule has 3 heteroatoms. The first kappa shape index (κ1) is 9.47. The zero-order valence-electron chi connectivity index (χ0n) is 8.16. The van der Waals surface area contributed by atoms with E-state index in [4.69, 9.17) is 5.26 Å². The minimum absolute atomic E-state index is 0.535. The van der Waals surface area contributed by atoms with Crippen LogP contribution < -0.4 is 0 Å². The fourth-order valence-electron chi connectivity index (χ4n) is 1.68. The lowest BCUT2D eigenvalue weighted by atomic mass is 10.1. The highest BCUT2D eigenvalue weighted by atomic mass is 16.1. The summed E-state index contributed by atoms with van der Waals surface area (Å²) in [5.74, 6) is 0. The maximum atomic E-state index is 10.3. The molecule has 0 radical (unpaired) electrons. The first-order chi connectivity index (χ1) is 7.35. The van der Waals surface area contributed by atoms with Crippen LogP contribution in [0.15, 0.2) is 24.4 Å². The van der Waals surface area contributed by atoms with E-state index in [9.17, 15) is 4.79 Å². The summed E-state index contributed by atoms with van der Waals surface area (Å²) >= 11 is 0. The Balaban J connectivity index is 2.43. The van der Waals surface area contributed by atoms with Crippen LogP contribution in [0.5, 0.6) is 0 Å². The van der Waals surface area contributed by atoms with Crippen LogP contribution in [0.4, 0.5) is 0 Å². The van der Waals surface area contributed by atoms with Gasteiger partial charge in [0.15, 0.2) is 0 Å². The van der Waals surface area contributed by atoms with E-state index in [0.717, 1.165) is 29.2 Å². The van der Waals surface area contributed by atoms with Crippen molar-refractivity contribution >= 4 is 17.2 Å². The summed E-state index contributed by atoms with van der Waals surface area (Å²) < 4.78 is 0. The van der Waals surface area contributed by atoms with Gasteiger partial charge in [-0.3, -0.25) is 0 Å². The number of hydrogen-bond donors (Lipinski definition) is 1. The maximum Gasteiger partial charge on any atom is 0.120 e.